The predicted octanol–water partition coefficient (Wildman–Crippen LogP) is 2.83. The van der Waals surface area contributed by atoms with Gasteiger partial charge in [-0.25, -0.2) is 0 Å². The van der Waals surface area contributed by atoms with Gasteiger partial charge in [0.1, 0.15) is 5.01 Å². The van der Waals surface area contributed by atoms with Crippen LogP contribution in [0.1, 0.15) is 11.9 Å². The molecule has 0 unspecified atom stereocenters. The minimum Gasteiger partial charge on any atom is -0.363 e. The quantitative estimate of drug-likeness (QED) is 0.830. The highest BCUT2D eigenvalue weighted by Gasteiger charge is 2.03. The first kappa shape index (κ1) is 13.8. The summed E-state index contributed by atoms with van der Waals surface area (Å²) in [6.45, 7) is 1.50. The molecule has 7 heteroatoms. The van der Waals surface area contributed by atoms with E-state index >= 15 is 0 Å². The second-order valence-corrected chi connectivity index (χ2v) is 5.86. The number of carbonyl (C=O) groups excluding carboxylic acids is 1. The van der Waals surface area contributed by atoms with Gasteiger partial charge in [0.15, 0.2) is 0 Å². The van der Waals surface area contributed by atoms with E-state index in [9.17, 15) is 4.79 Å². The highest BCUT2D eigenvalue weighted by atomic mass is 32.2. The van der Waals surface area contributed by atoms with E-state index in [1.165, 1.54) is 6.92 Å². The van der Waals surface area contributed by atoms with Crippen LogP contribution in [0.4, 0.5) is 10.8 Å². The molecule has 0 saturated heterocycles. The second kappa shape index (κ2) is 6.53. The number of rotatable bonds is 5. The zero-order chi connectivity index (χ0) is 13.7. The fourth-order valence-corrected chi connectivity index (χ4v) is 2.97. The number of amides is 1. The van der Waals surface area contributed by atoms with Gasteiger partial charge in [-0.15, -0.1) is 22.0 Å². The van der Waals surface area contributed by atoms with Crippen molar-refractivity contribution >= 4 is 39.8 Å². The first-order valence-corrected chi connectivity index (χ1v) is 7.48. The van der Waals surface area contributed by atoms with Crippen molar-refractivity contribution in [2.24, 2.45) is 0 Å². The van der Waals surface area contributed by atoms with E-state index in [1.54, 1.807) is 23.1 Å². The molecule has 1 aromatic heterocycles. The maximum atomic E-state index is 10.9. The molecule has 0 aliphatic rings. The first-order valence-electron chi connectivity index (χ1n) is 5.68. The number of aromatic nitrogens is 2. The van der Waals surface area contributed by atoms with Crippen molar-refractivity contribution in [3.8, 4) is 0 Å². The normalized spacial score (nSPS) is 10.2. The molecular formula is C12H14N4OS2. The highest BCUT2D eigenvalue weighted by Crippen LogP contribution is 2.26. The van der Waals surface area contributed by atoms with Gasteiger partial charge >= 0.3 is 0 Å². The van der Waals surface area contributed by atoms with Gasteiger partial charge in [-0.1, -0.05) is 11.3 Å². The number of hydrogen-bond acceptors (Lipinski definition) is 6. The minimum absolute atomic E-state index is 0.0612. The Morgan fingerprint density at radius 1 is 1.32 bits per heavy atom. The largest absolute Gasteiger partial charge is 0.363 e. The van der Waals surface area contributed by atoms with E-state index in [1.807, 2.05) is 31.3 Å². The lowest BCUT2D eigenvalue weighted by Crippen LogP contribution is -2.05. The number of benzene rings is 1. The molecule has 0 aliphatic heterocycles. The van der Waals surface area contributed by atoms with Crippen molar-refractivity contribution in [1.29, 1.82) is 0 Å². The fraction of sp³-hybridized carbons (Fsp3) is 0.250. The van der Waals surface area contributed by atoms with Gasteiger partial charge in [0, 0.05) is 24.6 Å². The monoisotopic (exact) mass is 294 g/mol. The SMILES string of the molecule is CNc1nnc(CSc2ccc(NC(C)=O)cc2)s1. The van der Waals surface area contributed by atoms with Crippen LogP contribution in [0.2, 0.25) is 0 Å². The number of anilines is 2. The van der Waals surface area contributed by atoms with E-state index in [4.69, 9.17) is 0 Å². The van der Waals surface area contributed by atoms with Crippen LogP contribution in [0.5, 0.6) is 0 Å². The zero-order valence-electron chi connectivity index (χ0n) is 10.6. The molecule has 0 radical (unpaired) electrons. The topological polar surface area (TPSA) is 66.9 Å². The van der Waals surface area contributed by atoms with E-state index in [0.29, 0.717) is 0 Å². The Morgan fingerprint density at radius 2 is 2.05 bits per heavy atom. The van der Waals surface area contributed by atoms with Crippen molar-refractivity contribution in [3.05, 3.63) is 29.3 Å². The van der Waals surface area contributed by atoms with Gasteiger partial charge in [0.25, 0.3) is 0 Å². The van der Waals surface area contributed by atoms with Gasteiger partial charge in [0.2, 0.25) is 11.0 Å². The van der Waals surface area contributed by atoms with Crippen LogP contribution >= 0.6 is 23.1 Å². The van der Waals surface area contributed by atoms with Crippen molar-refractivity contribution < 1.29 is 4.79 Å². The van der Waals surface area contributed by atoms with Crippen LogP contribution in [-0.4, -0.2) is 23.2 Å². The first-order chi connectivity index (χ1) is 9.17. The van der Waals surface area contributed by atoms with Gasteiger partial charge < -0.3 is 10.6 Å². The average Bonchev–Trinajstić information content (AvgIpc) is 2.85. The third-order valence-electron chi connectivity index (χ3n) is 2.22. The minimum atomic E-state index is -0.0612. The van der Waals surface area contributed by atoms with E-state index < -0.39 is 0 Å². The molecule has 1 heterocycles. The molecule has 0 saturated carbocycles. The average molecular weight is 294 g/mol. The van der Waals surface area contributed by atoms with Crippen LogP contribution in [0.25, 0.3) is 0 Å². The fourth-order valence-electron chi connectivity index (χ4n) is 1.40. The van der Waals surface area contributed by atoms with Crippen LogP contribution < -0.4 is 10.6 Å². The maximum Gasteiger partial charge on any atom is 0.221 e. The standard InChI is InChI=1S/C12H14N4OS2/c1-8(17)14-9-3-5-10(6-4-9)18-7-11-15-16-12(13-2)19-11/h3-6H,7H2,1-2H3,(H,13,16)(H,14,17). The van der Waals surface area contributed by atoms with E-state index in [0.717, 1.165) is 26.5 Å². The molecular weight excluding hydrogens is 280 g/mol. The van der Waals surface area contributed by atoms with Crippen LogP contribution in [0.15, 0.2) is 29.2 Å². The number of hydrogen-bond donors (Lipinski definition) is 2. The van der Waals surface area contributed by atoms with Gasteiger partial charge in [0.05, 0.1) is 5.75 Å². The third-order valence-corrected chi connectivity index (χ3v) is 4.36. The number of thioether (sulfide) groups is 1. The molecule has 5 nitrogen and oxygen atoms in total. The maximum absolute atomic E-state index is 10.9. The summed E-state index contributed by atoms with van der Waals surface area (Å²) in [6.07, 6.45) is 0. The van der Waals surface area contributed by atoms with Gasteiger partial charge in [-0.3, -0.25) is 4.79 Å². The lowest BCUT2D eigenvalue weighted by atomic mass is 10.3. The molecule has 2 N–H and O–H groups in total. The van der Waals surface area contributed by atoms with Crippen LogP contribution in [0, 0.1) is 0 Å². The van der Waals surface area contributed by atoms with Crippen molar-refractivity contribution in [3.63, 3.8) is 0 Å². The summed E-state index contributed by atoms with van der Waals surface area (Å²) >= 11 is 3.24. The van der Waals surface area contributed by atoms with Crippen LogP contribution in [0.3, 0.4) is 0 Å². The van der Waals surface area contributed by atoms with Crippen molar-refractivity contribution in [2.75, 3.05) is 17.7 Å². The molecule has 0 atom stereocenters. The number of nitrogens with one attached hydrogen (secondary N) is 2. The van der Waals surface area contributed by atoms with Gasteiger partial charge in [-0.05, 0) is 24.3 Å². The summed E-state index contributed by atoms with van der Waals surface area (Å²) in [4.78, 5) is 12.0. The Hall–Kier alpha value is -1.60. The summed E-state index contributed by atoms with van der Waals surface area (Å²) in [5, 5.41) is 15.6. The Morgan fingerprint density at radius 3 is 2.63 bits per heavy atom. The molecule has 2 aromatic rings. The molecule has 2 rings (SSSR count). The lowest BCUT2D eigenvalue weighted by Gasteiger charge is -2.03. The molecule has 1 aromatic carbocycles. The number of nitrogens with zero attached hydrogens (tertiary/aromatic N) is 2. The third kappa shape index (κ3) is 4.22. The summed E-state index contributed by atoms with van der Waals surface area (Å²) in [5.74, 6) is 0.729. The Bertz CT molecular complexity index is 553. The highest BCUT2D eigenvalue weighted by molar-refractivity contribution is 7.98. The predicted molar refractivity (Wildman–Crippen MR) is 79.8 cm³/mol. The molecule has 1 amide bonds. The Kier molecular flexibility index (Phi) is 4.75. The number of carbonyl (C=O) groups is 1. The molecule has 0 bridgehead atoms. The molecule has 19 heavy (non-hydrogen) atoms. The van der Waals surface area contributed by atoms with E-state index in [2.05, 4.69) is 20.8 Å². The molecule has 0 fully saturated rings. The second-order valence-electron chi connectivity index (χ2n) is 3.75. The molecule has 0 aliphatic carbocycles. The van der Waals surface area contributed by atoms with Crippen LogP contribution in [-0.2, 0) is 10.5 Å². The zero-order valence-corrected chi connectivity index (χ0v) is 12.3. The summed E-state index contributed by atoms with van der Waals surface area (Å²) in [7, 11) is 1.83. The molecule has 100 valence electrons. The molecule has 0 spiro atoms. The smallest absolute Gasteiger partial charge is 0.221 e. The van der Waals surface area contributed by atoms with Gasteiger partial charge in [-0.2, -0.15) is 0 Å². The van der Waals surface area contributed by atoms with Crippen molar-refractivity contribution in [2.45, 2.75) is 17.6 Å². The summed E-state index contributed by atoms with van der Waals surface area (Å²) < 4.78 is 0. The summed E-state index contributed by atoms with van der Waals surface area (Å²) in [5.41, 5.74) is 0.810. The Labute approximate surface area is 119 Å². The van der Waals surface area contributed by atoms with Crippen molar-refractivity contribution in [1.82, 2.24) is 10.2 Å². The lowest BCUT2D eigenvalue weighted by molar-refractivity contribution is -0.114. The summed E-state index contributed by atoms with van der Waals surface area (Å²) in [6, 6.07) is 7.75. The Balaban J connectivity index is 1.90. The van der Waals surface area contributed by atoms with E-state index in [-0.39, 0.29) is 5.91 Å².